The fraction of sp³-hybridized carbons (Fsp3) is 0.370. The van der Waals surface area contributed by atoms with Gasteiger partial charge in [-0.25, -0.2) is 9.78 Å². The zero-order valence-electron chi connectivity index (χ0n) is 20.4. The van der Waals surface area contributed by atoms with E-state index in [9.17, 15) is 9.59 Å². The predicted octanol–water partition coefficient (Wildman–Crippen LogP) is 5.57. The molecular weight excluding hydrogens is 496 g/mol. The number of likely N-dealkylation sites (tertiary alicyclic amines) is 1. The molecule has 0 radical (unpaired) electrons. The van der Waals surface area contributed by atoms with Gasteiger partial charge in [0, 0.05) is 42.8 Å². The Morgan fingerprint density at radius 1 is 1.17 bits per heavy atom. The average molecular weight is 527 g/mol. The number of amides is 3. The zero-order valence-corrected chi connectivity index (χ0v) is 21.9. The number of rotatable bonds is 9. The number of halogens is 1. The Morgan fingerprint density at radius 2 is 1.94 bits per heavy atom. The molecule has 0 spiro atoms. The summed E-state index contributed by atoms with van der Waals surface area (Å²) >= 11 is 7.42. The number of urea groups is 1. The molecule has 0 atom stereocenters. The molecule has 3 aromatic rings. The Hall–Kier alpha value is -2.94. The number of methoxy groups -OCH3 is 1. The second-order valence-electron chi connectivity index (χ2n) is 8.91. The summed E-state index contributed by atoms with van der Waals surface area (Å²) in [5.74, 6) is 0.553. The molecule has 1 aromatic heterocycles. The molecule has 4 rings (SSSR count). The number of carbonyl (C=O) groups is 2. The Labute approximate surface area is 221 Å². The molecular formula is C27H31ClN4O3S. The van der Waals surface area contributed by atoms with Gasteiger partial charge < -0.3 is 19.9 Å². The lowest BCUT2D eigenvalue weighted by Gasteiger charge is -2.31. The highest BCUT2D eigenvalue weighted by Gasteiger charge is 2.26. The molecule has 7 nitrogen and oxygen atoms in total. The van der Waals surface area contributed by atoms with Crippen molar-refractivity contribution in [1.82, 2.24) is 14.8 Å². The van der Waals surface area contributed by atoms with Crippen molar-refractivity contribution in [3.05, 3.63) is 81.3 Å². The highest BCUT2D eigenvalue weighted by molar-refractivity contribution is 7.09. The van der Waals surface area contributed by atoms with E-state index in [1.165, 1.54) is 16.9 Å². The van der Waals surface area contributed by atoms with Gasteiger partial charge in [0.25, 0.3) is 5.91 Å². The van der Waals surface area contributed by atoms with Gasteiger partial charge in [0.2, 0.25) is 0 Å². The first-order chi connectivity index (χ1) is 17.5. The second kappa shape index (κ2) is 12.9. The van der Waals surface area contributed by atoms with Crippen LogP contribution in [-0.2, 0) is 17.7 Å². The molecule has 9 heteroatoms. The van der Waals surface area contributed by atoms with Crippen LogP contribution in [0.4, 0.5) is 10.5 Å². The van der Waals surface area contributed by atoms with Gasteiger partial charge in [-0.2, -0.15) is 0 Å². The van der Waals surface area contributed by atoms with Gasteiger partial charge >= 0.3 is 6.03 Å². The van der Waals surface area contributed by atoms with Crippen LogP contribution in [0.3, 0.4) is 0 Å². The fourth-order valence-corrected chi connectivity index (χ4v) is 5.29. The molecule has 2 aromatic carbocycles. The van der Waals surface area contributed by atoms with Gasteiger partial charge in [-0.15, -0.1) is 11.3 Å². The van der Waals surface area contributed by atoms with Crippen molar-refractivity contribution in [1.29, 1.82) is 0 Å². The van der Waals surface area contributed by atoms with Crippen LogP contribution >= 0.6 is 22.9 Å². The minimum atomic E-state index is -0.280. The lowest BCUT2D eigenvalue weighted by atomic mass is 9.90. The lowest BCUT2D eigenvalue weighted by Crippen LogP contribution is -2.39. The van der Waals surface area contributed by atoms with Crippen molar-refractivity contribution in [2.24, 2.45) is 5.92 Å². The molecule has 1 N–H and O–H groups in total. The first-order valence-corrected chi connectivity index (χ1v) is 13.4. The minimum Gasteiger partial charge on any atom is -0.383 e. The van der Waals surface area contributed by atoms with E-state index in [1.54, 1.807) is 41.7 Å². The third-order valence-corrected chi connectivity index (χ3v) is 7.36. The van der Waals surface area contributed by atoms with E-state index >= 15 is 0 Å². The minimum absolute atomic E-state index is 0.0394. The van der Waals surface area contributed by atoms with Crippen LogP contribution in [0, 0.1) is 5.92 Å². The van der Waals surface area contributed by atoms with Crippen molar-refractivity contribution < 1.29 is 14.3 Å². The normalized spacial score (nSPS) is 14.0. The zero-order chi connectivity index (χ0) is 25.3. The predicted molar refractivity (Wildman–Crippen MR) is 144 cm³/mol. The topological polar surface area (TPSA) is 74.8 Å². The molecule has 36 heavy (non-hydrogen) atoms. The van der Waals surface area contributed by atoms with E-state index in [-0.39, 0.29) is 18.5 Å². The van der Waals surface area contributed by atoms with Crippen molar-refractivity contribution in [2.45, 2.75) is 25.8 Å². The monoisotopic (exact) mass is 526 g/mol. The third-order valence-electron chi connectivity index (χ3n) is 6.29. The van der Waals surface area contributed by atoms with E-state index in [0.717, 1.165) is 32.4 Å². The molecule has 3 amide bonds. The summed E-state index contributed by atoms with van der Waals surface area (Å²) in [6.07, 6.45) is 3.04. The summed E-state index contributed by atoms with van der Waals surface area (Å²) in [7, 11) is 1.59. The number of hydrogen-bond donors (Lipinski definition) is 1. The van der Waals surface area contributed by atoms with Crippen molar-refractivity contribution in [3.63, 3.8) is 0 Å². The molecule has 1 fully saturated rings. The maximum Gasteiger partial charge on any atom is 0.322 e. The Balaban J connectivity index is 1.33. The molecule has 0 unspecified atom stereocenters. The Morgan fingerprint density at radius 3 is 2.67 bits per heavy atom. The Bertz CT molecular complexity index is 1150. The Kier molecular flexibility index (Phi) is 9.33. The van der Waals surface area contributed by atoms with E-state index in [0.29, 0.717) is 40.5 Å². The number of thiazole rings is 1. The number of ether oxygens (including phenoxy) is 1. The van der Waals surface area contributed by atoms with Gasteiger partial charge in [-0.3, -0.25) is 4.79 Å². The summed E-state index contributed by atoms with van der Waals surface area (Å²) in [5, 5.41) is 5.90. The second-order valence-corrected chi connectivity index (χ2v) is 10.3. The SMILES string of the molecule is COCCN(Cc1nc(C(=O)N2CCC(Cc3ccccc3)CC2)cs1)C(=O)Nc1cccc(Cl)c1. The molecule has 190 valence electrons. The number of benzene rings is 2. The van der Waals surface area contributed by atoms with Crippen LogP contribution in [0.2, 0.25) is 5.02 Å². The van der Waals surface area contributed by atoms with Crippen LogP contribution in [0.25, 0.3) is 0 Å². The van der Waals surface area contributed by atoms with Crippen LogP contribution in [0.5, 0.6) is 0 Å². The van der Waals surface area contributed by atoms with Gasteiger partial charge in [0.1, 0.15) is 10.7 Å². The van der Waals surface area contributed by atoms with Crippen molar-refractivity contribution in [3.8, 4) is 0 Å². The van der Waals surface area contributed by atoms with Crippen LogP contribution in [0.15, 0.2) is 60.0 Å². The first-order valence-electron chi connectivity index (χ1n) is 12.1. The smallest absolute Gasteiger partial charge is 0.322 e. The molecule has 1 aliphatic rings. The number of piperidine rings is 1. The van der Waals surface area contributed by atoms with Gasteiger partial charge in [0.15, 0.2) is 0 Å². The standard InChI is InChI=1S/C27H31ClN4O3S/c1-35-15-14-32(27(34)29-23-9-5-8-22(28)17-23)18-25-30-24(19-36-25)26(33)31-12-10-21(11-13-31)16-20-6-3-2-4-7-20/h2-9,17,19,21H,10-16,18H2,1H3,(H,29,34). The molecule has 2 heterocycles. The molecule has 1 aliphatic heterocycles. The van der Waals surface area contributed by atoms with Crippen LogP contribution < -0.4 is 5.32 Å². The highest BCUT2D eigenvalue weighted by Crippen LogP contribution is 2.24. The maximum absolute atomic E-state index is 13.1. The quantitative estimate of drug-likeness (QED) is 0.395. The van der Waals surface area contributed by atoms with E-state index in [1.807, 2.05) is 11.0 Å². The van der Waals surface area contributed by atoms with Gasteiger partial charge in [0.05, 0.1) is 13.2 Å². The number of nitrogens with zero attached hydrogens (tertiary/aromatic N) is 3. The van der Waals surface area contributed by atoms with E-state index in [4.69, 9.17) is 16.3 Å². The number of carbonyl (C=O) groups excluding carboxylic acids is 2. The molecule has 0 bridgehead atoms. The summed E-state index contributed by atoms with van der Waals surface area (Å²) < 4.78 is 5.18. The molecule has 0 saturated carbocycles. The van der Waals surface area contributed by atoms with E-state index < -0.39 is 0 Å². The van der Waals surface area contributed by atoms with Crippen molar-refractivity contribution in [2.75, 3.05) is 38.7 Å². The third kappa shape index (κ3) is 7.29. The van der Waals surface area contributed by atoms with Crippen LogP contribution in [-0.4, -0.2) is 60.1 Å². The number of hydrogen-bond acceptors (Lipinski definition) is 5. The number of anilines is 1. The summed E-state index contributed by atoms with van der Waals surface area (Å²) in [6.45, 7) is 2.54. The number of nitrogens with one attached hydrogen (secondary N) is 1. The fourth-order valence-electron chi connectivity index (χ4n) is 4.32. The van der Waals surface area contributed by atoms with Gasteiger partial charge in [-0.1, -0.05) is 48.0 Å². The molecule has 1 saturated heterocycles. The first kappa shape index (κ1) is 26.1. The maximum atomic E-state index is 13.1. The van der Waals surface area contributed by atoms with Gasteiger partial charge in [-0.05, 0) is 48.9 Å². The van der Waals surface area contributed by atoms with Crippen molar-refractivity contribution >= 4 is 40.6 Å². The average Bonchev–Trinajstić information content (AvgIpc) is 3.36. The largest absolute Gasteiger partial charge is 0.383 e. The molecule has 0 aliphatic carbocycles. The van der Waals surface area contributed by atoms with E-state index in [2.05, 4.69) is 34.6 Å². The highest BCUT2D eigenvalue weighted by atomic mass is 35.5. The lowest BCUT2D eigenvalue weighted by molar-refractivity contribution is 0.0685. The summed E-state index contributed by atoms with van der Waals surface area (Å²) in [5.41, 5.74) is 2.41. The number of aromatic nitrogens is 1. The summed E-state index contributed by atoms with van der Waals surface area (Å²) in [6, 6.07) is 17.2. The summed E-state index contributed by atoms with van der Waals surface area (Å²) in [4.78, 5) is 34.1. The van der Waals surface area contributed by atoms with Crippen LogP contribution in [0.1, 0.15) is 33.9 Å².